The van der Waals surface area contributed by atoms with Crippen molar-refractivity contribution in [2.75, 3.05) is 13.2 Å². The zero-order valence-corrected chi connectivity index (χ0v) is 13.1. The zero-order valence-electron chi connectivity index (χ0n) is 12.2. The molecule has 0 saturated carbocycles. The number of hydrogen-bond donors (Lipinski definition) is 0. The van der Waals surface area contributed by atoms with Crippen molar-refractivity contribution in [2.24, 2.45) is 5.92 Å². The van der Waals surface area contributed by atoms with Crippen LogP contribution < -0.4 is 0 Å². The smallest absolute Gasteiger partial charge is 0.309 e. The Hall–Kier alpha value is -0.440. The van der Waals surface area contributed by atoms with Crippen molar-refractivity contribution in [3.8, 4) is 0 Å². The third kappa shape index (κ3) is 4.34. The molecule has 0 aromatic heterocycles. The van der Waals surface area contributed by atoms with E-state index in [1.54, 1.807) is 40.7 Å². The van der Waals surface area contributed by atoms with Crippen LogP contribution in [0.5, 0.6) is 0 Å². The molecule has 0 aliphatic carbocycles. The highest BCUT2D eigenvalue weighted by Crippen LogP contribution is 2.55. The van der Waals surface area contributed by atoms with Gasteiger partial charge in [-0.15, -0.1) is 0 Å². The summed E-state index contributed by atoms with van der Waals surface area (Å²) in [5.41, 5.74) is 0.230. The van der Waals surface area contributed by atoms with Gasteiger partial charge in [-0.1, -0.05) is 19.9 Å². The van der Waals surface area contributed by atoms with Crippen LogP contribution >= 0.6 is 7.60 Å². The number of ketones is 1. The molecular formula is C13H25O4P. The number of hydrogen-bond acceptors (Lipinski definition) is 4. The van der Waals surface area contributed by atoms with E-state index in [0.29, 0.717) is 18.8 Å². The number of Topliss-reactive ketones (excluding diaryl/α,β-unsaturated/α-hetero) is 1. The van der Waals surface area contributed by atoms with Crippen LogP contribution in [0.3, 0.4) is 0 Å². The second kappa shape index (κ2) is 7.88. The van der Waals surface area contributed by atoms with E-state index in [0.717, 1.165) is 0 Å². The first kappa shape index (κ1) is 17.6. The molecule has 0 rings (SSSR count). The molecule has 4 nitrogen and oxygen atoms in total. The minimum absolute atomic E-state index is 0.00960. The van der Waals surface area contributed by atoms with Gasteiger partial charge in [0.2, 0.25) is 0 Å². The Bertz CT molecular complexity index is 339. The fourth-order valence-corrected chi connectivity index (χ4v) is 3.57. The molecule has 106 valence electrons. The molecule has 0 saturated heterocycles. The standard InChI is InChI=1S/C13H25O4P/c1-7-10(4)13(14)11(5)12(6)18(15,16-8-2)17-9-3/h7,11-12H,8-9H2,1-6H3/b10-7+. The molecule has 0 aromatic rings. The molecule has 0 aliphatic heterocycles. The summed E-state index contributed by atoms with van der Waals surface area (Å²) in [6.45, 7) is 11.2. The molecule has 2 atom stereocenters. The van der Waals surface area contributed by atoms with Gasteiger partial charge in [0.05, 0.1) is 18.9 Å². The van der Waals surface area contributed by atoms with Crippen LogP contribution in [0.4, 0.5) is 0 Å². The molecule has 5 heteroatoms. The lowest BCUT2D eigenvalue weighted by Crippen LogP contribution is -2.26. The normalized spacial score (nSPS) is 16.4. The highest BCUT2D eigenvalue weighted by molar-refractivity contribution is 7.54. The highest BCUT2D eigenvalue weighted by Gasteiger charge is 2.38. The van der Waals surface area contributed by atoms with Crippen molar-refractivity contribution in [1.29, 1.82) is 0 Å². The van der Waals surface area contributed by atoms with Gasteiger partial charge in [0.25, 0.3) is 0 Å². The van der Waals surface area contributed by atoms with Crippen molar-refractivity contribution in [1.82, 2.24) is 0 Å². The van der Waals surface area contributed by atoms with Crippen molar-refractivity contribution >= 4 is 13.4 Å². The van der Waals surface area contributed by atoms with Crippen LogP contribution in [-0.4, -0.2) is 24.7 Å². The Labute approximate surface area is 110 Å². The van der Waals surface area contributed by atoms with Gasteiger partial charge in [-0.25, -0.2) is 0 Å². The summed E-state index contributed by atoms with van der Waals surface area (Å²) in [7, 11) is -3.22. The largest absolute Gasteiger partial charge is 0.334 e. The third-order valence-corrected chi connectivity index (χ3v) is 5.76. The monoisotopic (exact) mass is 276 g/mol. The maximum Gasteiger partial charge on any atom is 0.334 e. The van der Waals surface area contributed by atoms with E-state index in [9.17, 15) is 9.36 Å². The fourth-order valence-electron chi connectivity index (χ4n) is 1.63. The Balaban J connectivity index is 5.04. The van der Waals surface area contributed by atoms with E-state index >= 15 is 0 Å². The zero-order chi connectivity index (χ0) is 14.3. The first-order valence-corrected chi connectivity index (χ1v) is 8.01. The molecule has 0 fully saturated rings. The van der Waals surface area contributed by atoms with Gasteiger partial charge >= 0.3 is 7.60 Å². The van der Waals surface area contributed by atoms with Gasteiger partial charge in [0.15, 0.2) is 5.78 Å². The van der Waals surface area contributed by atoms with E-state index in [1.807, 2.05) is 6.92 Å². The van der Waals surface area contributed by atoms with Crippen molar-refractivity contribution in [3.63, 3.8) is 0 Å². The number of carbonyl (C=O) groups excluding carboxylic acids is 1. The van der Waals surface area contributed by atoms with Crippen molar-refractivity contribution in [3.05, 3.63) is 11.6 Å². The minimum atomic E-state index is -3.22. The predicted molar refractivity (Wildman–Crippen MR) is 73.9 cm³/mol. The van der Waals surface area contributed by atoms with Crippen LogP contribution in [0.1, 0.15) is 41.5 Å². The Morgan fingerprint density at radius 1 is 1.22 bits per heavy atom. The lowest BCUT2D eigenvalue weighted by Gasteiger charge is -2.27. The molecule has 2 unspecified atom stereocenters. The van der Waals surface area contributed by atoms with E-state index in [2.05, 4.69) is 0 Å². The predicted octanol–water partition coefficient (Wildman–Crippen LogP) is 3.81. The third-order valence-electron chi connectivity index (χ3n) is 3.08. The summed E-state index contributed by atoms with van der Waals surface area (Å²) in [6.07, 6.45) is 1.76. The summed E-state index contributed by atoms with van der Waals surface area (Å²) in [5, 5.41) is 0. The molecule has 0 radical (unpaired) electrons. The second-order valence-corrected chi connectivity index (χ2v) is 6.65. The van der Waals surface area contributed by atoms with Crippen molar-refractivity contribution in [2.45, 2.75) is 47.2 Å². The number of allylic oxidation sites excluding steroid dienone is 2. The van der Waals surface area contributed by atoms with Gasteiger partial charge in [-0.05, 0) is 33.3 Å². The minimum Gasteiger partial charge on any atom is -0.309 e. The topological polar surface area (TPSA) is 52.6 Å². The van der Waals surface area contributed by atoms with E-state index in [-0.39, 0.29) is 11.7 Å². The summed E-state index contributed by atoms with van der Waals surface area (Å²) < 4.78 is 23.1. The first-order chi connectivity index (χ1) is 8.33. The summed E-state index contributed by atoms with van der Waals surface area (Å²) in [4.78, 5) is 12.1. The summed E-state index contributed by atoms with van der Waals surface area (Å²) in [5.74, 6) is -0.394. The number of carbonyl (C=O) groups is 1. The molecule has 0 bridgehead atoms. The molecule has 18 heavy (non-hydrogen) atoms. The van der Waals surface area contributed by atoms with Crippen LogP contribution in [0.15, 0.2) is 11.6 Å². The van der Waals surface area contributed by atoms with Gasteiger partial charge in [-0.3, -0.25) is 9.36 Å². The van der Waals surface area contributed by atoms with E-state index in [4.69, 9.17) is 9.05 Å². The first-order valence-electron chi connectivity index (χ1n) is 6.39. The van der Waals surface area contributed by atoms with Crippen LogP contribution in [0.25, 0.3) is 0 Å². The lowest BCUT2D eigenvalue weighted by molar-refractivity contribution is -0.118. The molecule has 0 aliphatic rings. The molecular weight excluding hydrogens is 251 g/mol. The van der Waals surface area contributed by atoms with Gasteiger partial charge in [0, 0.05) is 5.92 Å². The Kier molecular flexibility index (Phi) is 7.69. The molecule has 0 aromatic carbocycles. The summed E-state index contributed by atoms with van der Waals surface area (Å²) in [6, 6.07) is 0. The fraction of sp³-hybridized carbons (Fsp3) is 0.769. The summed E-state index contributed by atoms with van der Waals surface area (Å²) >= 11 is 0. The lowest BCUT2D eigenvalue weighted by atomic mass is 9.97. The van der Waals surface area contributed by atoms with Crippen molar-refractivity contribution < 1.29 is 18.4 Å². The molecule has 0 spiro atoms. The van der Waals surface area contributed by atoms with Gasteiger partial charge in [0.1, 0.15) is 0 Å². The SMILES string of the molecule is C/C=C(\C)C(=O)C(C)C(C)P(=O)(OCC)OCC. The van der Waals surface area contributed by atoms with Crippen LogP contribution in [0, 0.1) is 5.92 Å². The van der Waals surface area contributed by atoms with E-state index in [1.165, 1.54) is 0 Å². The maximum absolute atomic E-state index is 12.6. The highest BCUT2D eigenvalue weighted by atomic mass is 31.2. The van der Waals surface area contributed by atoms with Crippen LogP contribution in [-0.2, 0) is 18.4 Å². The average molecular weight is 276 g/mol. The van der Waals surface area contributed by atoms with Gasteiger partial charge < -0.3 is 9.05 Å². The van der Waals surface area contributed by atoms with Crippen LogP contribution in [0.2, 0.25) is 0 Å². The van der Waals surface area contributed by atoms with E-state index < -0.39 is 13.3 Å². The molecule has 0 amide bonds. The molecule has 0 N–H and O–H groups in total. The maximum atomic E-state index is 12.6. The van der Waals surface area contributed by atoms with Gasteiger partial charge in [-0.2, -0.15) is 0 Å². The quantitative estimate of drug-likeness (QED) is 0.499. The number of rotatable bonds is 8. The average Bonchev–Trinajstić information content (AvgIpc) is 2.35. The molecule has 0 heterocycles. The second-order valence-electron chi connectivity index (χ2n) is 4.24. The Morgan fingerprint density at radius 2 is 1.67 bits per heavy atom. The Morgan fingerprint density at radius 3 is 2.00 bits per heavy atom.